The predicted octanol–water partition coefficient (Wildman–Crippen LogP) is 9.61. The summed E-state index contributed by atoms with van der Waals surface area (Å²) in [4.78, 5) is 25.3. The summed E-state index contributed by atoms with van der Waals surface area (Å²) in [5.74, 6) is 1.71. The smallest absolute Gasteiger partial charge is 0.311 e. The highest BCUT2D eigenvalue weighted by Crippen LogP contribution is 2.61. The first-order valence-corrected chi connectivity index (χ1v) is 18.1. The zero-order chi connectivity index (χ0) is 30.7. The fraction of sp³-hybridized carbons (Fsp3) is 0.789. The summed E-state index contributed by atoms with van der Waals surface area (Å²) in [5, 5.41) is 11.1. The Morgan fingerprint density at radius 3 is 2.09 bits per heavy atom. The molecule has 5 nitrogen and oxygen atoms in total. The molecule has 0 unspecified atom stereocenters. The number of hydrogen-bond acceptors (Lipinski definition) is 5. The minimum atomic E-state index is -0.578. The van der Waals surface area contributed by atoms with Crippen LogP contribution in [0.1, 0.15) is 166 Å². The number of carbonyl (C=O) groups excluding carboxylic acids is 2. The van der Waals surface area contributed by atoms with E-state index in [1.165, 1.54) is 75.3 Å². The number of aryl methyl sites for hydroxylation is 1. The number of aliphatic hydroxyl groups is 1. The molecule has 1 N–H and O–H groups in total. The molecule has 0 spiro atoms. The first-order chi connectivity index (χ1) is 20.9. The maximum absolute atomic E-state index is 12.8. The fourth-order valence-electron chi connectivity index (χ4n) is 8.64. The fourth-order valence-corrected chi connectivity index (χ4v) is 8.64. The normalized spacial score (nSPS) is 27.7. The first-order valence-electron chi connectivity index (χ1n) is 18.1. The molecule has 0 amide bonds. The highest BCUT2D eigenvalue weighted by Gasteiger charge is 2.59. The van der Waals surface area contributed by atoms with Gasteiger partial charge in [0.25, 0.3) is 0 Å². The summed E-state index contributed by atoms with van der Waals surface area (Å²) in [7, 11) is 0. The number of rotatable bonds is 18. The van der Waals surface area contributed by atoms with E-state index >= 15 is 0 Å². The number of benzene rings is 1. The molecule has 3 aliphatic carbocycles. The Morgan fingerprint density at radius 1 is 0.837 bits per heavy atom. The lowest BCUT2D eigenvalue weighted by Crippen LogP contribution is -2.46. The van der Waals surface area contributed by atoms with Gasteiger partial charge in [-0.3, -0.25) is 9.59 Å². The van der Waals surface area contributed by atoms with Crippen LogP contribution in [-0.4, -0.2) is 29.3 Å². The monoisotopic (exact) mass is 596 g/mol. The molecule has 0 aliphatic heterocycles. The van der Waals surface area contributed by atoms with Gasteiger partial charge in [-0.05, 0) is 86.0 Å². The van der Waals surface area contributed by atoms with Gasteiger partial charge in [-0.15, -0.1) is 0 Å². The SMILES string of the molecule is CCCCCCCCCC(=O)Oc1ccc2c(c1)CC[C@@H]1[C@@H]2CC[C@@]2(C)[C@H]1C[C@@H](O)[C@@H]2OC(=O)CCCCCCCCC. The Kier molecular flexibility index (Phi) is 13.4. The van der Waals surface area contributed by atoms with Crippen LogP contribution in [0.15, 0.2) is 18.2 Å². The largest absolute Gasteiger partial charge is 0.459 e. The second-order valence-corrected chi connectivity index (χ2v) is 14.3. The van der Waals surface area contributed by atoms with Crippen molar-refractivity contribution < 1.29 is 24.2 Å². The molecule has 0 aromatic heterocycles. The van der Waals surface area contributed by atoms with Crippen molar-refractivity contribution in [3.05, 3.63) is 29.3 Å². The summed E-state index contributed by atoms with van der Waals surface area (Å²) in [6.45, 7) is 6.72. The zero-order valence-electron chi connectivity index (χ0n) is 27.5. The standard InChI is InChI=1S/C38H60O5/c1-4-6-8-10-12-14-16-18-35(40)42-29-21-23-30-28(26-29)20-22-32-31(30)24-25-38(3)33(32)27-34(39)37(38)43-36(41)19-17-15-13-11-9-7-5-2/h21,23,26,31-34,37,39H,4-20,22,24-25,27H2,1-3H3/t31-,32-,33+,34-,37+,38+/m1/s1. The minimum Gasteiger partial charge on any atom is -0.459 e. The van der Waals surface area contributed by atoms with E-state index in [2.05, 4.69) is 32.9 Å². The molecule has 3 aliphatic rings. The van der Waals surface area contributed by atoms with E-state index in [0.717, 1.165) is 57.8 Å². The van der Waals surface area contributed by atoms with Crippen molar-refractivity contribution in [3.63, 3.8) is 0 Å². The molecule has 1 aromatic rings. The van der Waals surface area contributed by atoms with Crippen LogP contribution in [0, 0.1) is 17.3 Å². The van der Waals surface area contributed by atoms with Crippen LogP contribution in [-0.2, 0) is 20.7 Å². The molecule has 0 heterocycles. The van der Waals surface area contributed by atoms with Gasteiger partial charge in [0.2, 0.25) is 0 Å². The van der Waals surface area contributed by atoms with E-state index in [1.54, 1.807) is 0 Å². The van der Waals surface area contributed by atoms with Crippen molar-refractivity contribution in [1.29, 1.82) is 0 Å². The van der Waals surface area contributed by atoms with Crippen LogP contribution in [0.25, 0.3) is 0 Å². The topological polar surface area (TPSA) is 72.8 Å². The number of esters is 2. The summed E-state index contributed by atoms with van der Waals surface area (Å²) in [6.07, 6.45) is 21.3. The Hall–Kier alpha value is -1.88. The number of fused-ring (bicyclic) bond motifs is 5. The Bertz CT molecular complexity index is 1020. The number of carbonyl (C=O) groups is 2. The van der Waals surface area contributed by atoms with Gasteiger partial charge in [-0.2, -0.15) is 0 Å². The Labute approximate surface area is 261 Å². The van der Waals surface area contributed by atoms with E-state index in [4.69, 9.17) is 9.47 Å². The number of aliphatic hydroxyl groups excluding tert-OH is 1. The molecular formula is C38H60O5. The van der Waals surface area contributed by atoms with Crippen molar-refractivity contribution in [2.75, 3.05) is 0 Å². The third-order valence-corrected chi connectivity index (χ3v) is 11.1. The molecule has 5 heteroatoms. The first kappa shape index (κ1) is 34.0. The maximum Gasteiger partial charge on any atom is 0.311 e. The molecule has 2 fully saturated rings. The number of unbranched alkanes of at least 4 members (excludes halogenated alkanes) is 12. The van der Waals surface area contributed by atoms with Crippen molar-refractivity contribution in [2.24, 2.45) is 17.3 Å². The van der Waals surface area contributed by atoms with Gasteiger partial charge in [-0.1, -0.05) is 104 Å². The van der Waals surface area contributed by atoms with Gasteiger partial charge in [0.05, 0.1) is 6.10 Å². The van der Waals surface area contributed by atoms with E-state index in [-0.39, 0.29) is 17.4 Å². The van der Waals surface area contributed by atoms with Crippen LogP contribution in [0.3, 0.4) is 0 Å². The van der Waals surface area contributed by atoms with Crippen LogP contribution >= 0.6 is 0 Å². The van der Waals surface area contributed by atoms with Crippen LogP contribution in [0.4, 0.5) is 0 Å². The molecule has 2 saturated carbocycles. The van der Waals surface area contributed by atoms with Crippen LogP contribution in [0.5, 0.6) is 5.75 Å². The minimum absolute atomic E-state index is 0.122. The van der Waals surface area contributed by atoms with E-state index < -0.39 is 12.2 Å². The summed E-state index contributed by atoms with van der Waals surface area (Å²) >= 11 is 0. The lowest BCUT2D eigenvalue weighted by Gasteiger charge is -2.50. The Morgan fingerprint density at radius 2 is 1.44 bits per heavy atom. The molecule has 1 aromatic carbocycles. The summed E-state index contributed by atoms with van der Waals surface area (Å²) < 4.78 is 11.8. The zero-order valence-corrected chi connectivity index (χ0v) is 27.5. The van der Waals surface area contributed by atoms with Gasteiger partial charge in [0.15, 0.2) is 0 Å². The number of ether oxygens (including phenoxy) is 2. The highest BCUT2D eigenvalue weighted by molar-refractivity contribution is 5.72. The quantitative estimate of drug-likeness (QED) is 0.104. The Balaban J connectivity index is 1.26. The summed E-state index contributed by atoms with van der Waals surface area (Å²) in [6, 6.07) is 6.27. The van der Waals surface area contributed by atoms with Gasteiger partial charge < -0.3 is 14.6 Å². The lowest BCUT2D eigenvalue weighted by molar-refractivity contribution is -0.164. The van der Waals surface area contributed by atoms with Crippen molar-refractivity contribution in [3.8, 4) is 5.75 Å². The molecule has 6 atom stereocenters. The van der Waals surface area contributed by atoms with E-state index in [0.29, 0.717) is 36.3 Å². The molecule has 0 bridgehead atoms. The van der Waals surface area contributed by atoms with Crippen molar-refractivity contribution >= 4 is 11.9 Å². The molecular weight excluding hydrogens is 536 g/mol. The lowest BCUT2D eigenvalue weighted by atomic mass is 9.55. The maximum atomic E-state index is 12.8. The molecule has 242 valence electrons. The predicted molar refractivity (Wildman–Crippen MR) is 173 cm³/mol. The van der Waals surface area contributed by atoms with Crippen LogP contribution < -0.4 is 4.74 Å². The van der Waals surface area contributed by atoms with Gasteiger partial charge >= 0.3 is 11.9 Å². The van der Waals surface area contributed by atoms with Gasteiger partial charge in [0.1, 0.15) is 11.9 Å². The third kappa shape index (κ3) is 9.08. The van der Waals surface area contributed by atoms with Gasteiger partial charge in [0, 0.05) is 18.3 Å². The van der Waals surface area contributed by atoms with Crippen molar-refractivity contribution in [1.82, 2.24) is 0 Å². The second-order valence-electron chi connectivity index (χ2n) is 14.3. The molecule has 0 radical (unpaired) electrons. The van der Waals surface area contributed by atoms with Gasteiger partial charge in [-0.25, -0.2) is 0 Å². The third-order valence-electron chi connectivity index (χ3n) is 11.1. The second kappa shape index (κ2) is 17.0. The number of hydrogen-bond donors (Lipinski definition) is 1. The molecule has 0 saturated heterocycles. The summed E-state index contributed by atoms with van der Waals surface area (Å²) in [5.41, 5.74) is 2.53. The highest BCUT2D eigenvalue weighted by atomic mass is 16.6. The van der Waals surface area contributed by atoms with E-state index in [9.17, 15) is 14.7 Å². The van der Waals surface area contributed by atoms with Crippen molar-refractivity contribution in [2.45, 2.75) is 174 Å². The average Bonchev–Trinajstić information content (AvgIpc) is 3.25. The average molecular weight is 597 g/mol. The molecule has 4 rings (SSSR count). The van der Waals surface area contributed by atoms with Crippen LogP contribution in [0.2, 0.25) is 0 Å². The van der Waals surface area contributed by atoms with E-state index in [1.807, 2.05) is 6.07 Å². The molecule has 43 heavy (non-hydrogen) atoms.